The van der Waals surface area contributed by atoms with E-state index in [1.54, 1.807) is 31.4 Å². The van der Waals surface area contributed by atoms with Gasteiger partial charge in [0.2, 0.25) is 0 Å². The Morgan fingerprint density at radius 2 is 2.11 bits per heavy atom. The third-order valence-corrected chi connectivity index (χ3v) is 2.68. The predicted molar refractivity (Wildman–Crippen MR) is 60.9 cm³/mol. The van der Waals surface area contributed by atoms with Crippen LogP contribution in [0, 0.1) is 0 Å². The average Bonchev–Trinajstić information content (AvgIpc) is 2.61. The van der Waals surface area contributed by atoms with Gasteiger partial charge in [-0.25, -0.2) is 4.79 Å². The highest BCUT2D eigenvalue weighted by Gasteiger charge is 2.50. The second kappa shape index (κ2) is 4.80. The Morgan fingerprint density at radius 3 is 2.61 bits per heavy atom. The number of alkyl halides is 2. The molecule has 6 heteroatoms. The number of hydrogen-bond donors (Lipinski definition) is 1. The van der Waals surface area contributed by atoms with Crippen molar-refractivity contribution < 1.29 is 23.0 Å². The lowest BCUT2D eigenvalue weighted by atomic mass is 10.2. The van der Waals surface area contributed by atoms with Gasteiger partial charge in [0, 0.05) is 5.69 Å². The van der Waals surface area contributed by atoms with Gasteiger partial charge in [-0.2, -0.15) is 8.78 Å². The quantitative estimate of drug-likeness (QED) is 0.839. The largest absolute Gasteiger partial charge is 0.497 e. The van der Waals surface area contributed by atoms with Crippen LogP contribution in [0.25, 0.3) is 0 Å². The van der Waals surface area contributed by atoms with Crippen molar-refractivity contribution in [1.29, 1.82) is 0 Å². The van der Waals surface area contributed by atoms with E-state index in [4.69, 9.17) is 4.74 Å². The van der Waals surface area contributed by atoms with Crippen molar-refractivity contribution in [2.75, 3.05) is 19.0 Å². The first-order valence-corrected chi connectivity index (χ1v) is 5.48. The Labute approximate surface area is 103 Å². The summed E-state index contributed by atoms with van der Waals surface area (Å²) in [6, 6.07) is 7.01. The molecule has 98 valence electrons. The number of methoxy groups -OCH3 is 1. The van der Waals surface area contributed by atoms with E-state index in [0.29, 0.717) is 5.75 Å². The third kappa shape index (κ3) is 2.69. The van der Waals surface area contributed by atoms with Crippen LogP contribution in [0.4, 0.5) is 14.5 Å². The Morgan fingerprint density at radius 1 is 1.44 bits per heavy atom. The van der Waals surface area contributed by atoms with Crippen LogP contribution in [0.15, 0.2) is 24.3 Å². The molecule has 1 atom stereocenters. The zero-order valence-corrected chi connectivity index (χ0v) is 9.78. The Kier molecular flexibility index (Phi) is 3.36. The number of halogens is 2. The number of hydrogen-bond acceptors (Lipinski definition) is 4. The van der Waals surface area contributed by atoms with Crippen molar-refractivity contribution in [3.63, 3.8) is 0 Å². The van der Waals surface area contributed by atoms with Crippen LogP contribution in [0.3, 0.4) is 0 Å². The summed E-state index contributed by atoms with van der Waals surface area (Å²) in [5, 5.41) is 2.93. The SMILES string of the molecule is COc1ccc(NCC2CC(F)(F)C(=O)O2)cc1. The summed E-state index contributed by atoms with van der Waals surface area (Å²) in [5.74, 6) is -4.09. The fourth-order valence-electron chi connectivity index (χ4n) is 1.70. The van der Waals surface area contributed by atoms with Crippen LogP contribution < -0.4 is 10.1 Å². The van der Waals surface area contributed by atoms with Gasteiger partial charge in [0.15, 0.2) is 0 Å². The number of esters is 1. The number of benzene rings is 1. The summed E-state index contributed by atoms with van der Waals surface area (Å²) in [6.45, 7) is 0.160. The number of rotatable bonds is 4. The molecule has 1 unspecified atom stereocenters. The van der Waals surface area contributed by atoms with E-state index in [9.17, 15) is 13.6 Å². The minimum atomic E-state index is -3.35. The van der Waals surface area contributed by atoms with E-state index in [1.807, 2.05) is 0 Å². The second-order valence-corrected chi connectivity index (χ2v) is 4.05. The van der Waals surface area contributed by atoms with Gasteiger partial charge in [-0.1, -0.05) is 0 Å². The van der Waals surface area contributed by atoms with E-state index in [0.717, 1.165) is 5.69 Å². The molecule has 2 rings (SSSR count). The summed E-state index contributed by atoms with van der Waals surface area (Å²) in [6.07, 6.45) is -1.37. The van der Waals surface area contributed by atoms with E-state index in [2.05, 4.69) is 10.1 Å². The summed E-state index contributed by atoms with van der Waals surface area (Å²) in [5.41, 5.74) is 0.752. The molecule has 1 aromatic carbocycles. The molecule has 1 aliphatic heterocycles. The molecular formula is C12H13F2NO3. The number of cyclic esters (lactones) is 1. The third-order valence-electron chi connectivity index (χ3n) is 2.68. The molecule has 0 amide bonds. The molecule has 1 heterocycles. The number of nitrogens with one attached hydrogen (secondary N) is 1. The lowest BCUT2D eigenvalue weighted by molar-refractivity contribution is -0.158. The molecular weight excluding hydrogens is 244 g/mol. The van der Waals surface area contributed by atoms with Gasteiger partial charge in [0.25, 0.3) is 0 Å². The summed E-state index contributed by atoms with van der Waals surface area (Å²) < 4.78 is 35.3. The fraction of sp³-hybridized carbons (Fsp3) is 0.417. The van der Waals surface area contributed by atoms with E-state index < -0.39 is 24.4 Å². The molecule has 0 bridgehead atoms. The molecule has 1 saturated heterocycles. The van der Waals surface area contributed by atoms with Crippen molar-refractivity contribution >= 4 is 11.7 Å². The minimum absolute atomic E-state index is 0.160. The van der Waals surface area contributed by atoms with Crippen molar-refractivity contribution in [3.8, 4) is 5.75 Å². The van der Waals surface area contributed by atoms with Crippen LogP contribution in [-0.2, 0) is 9.53 Å². The van der Waals surface area contributed by atoms with Gasteiger partial charge in [-0.05, 0) is 24.3 Å². The van der Waals surface area contributed by atoms with Crippen LogP contribution in [0.1, 0.15) is 6.42 Å². The first-order valence-electron chi connectivity index (χ1n) is 5.48. The Hall–Kier alpha value is -1.85. The number of anilines is 1. The van der Waals surface area contributed by atoms with Crippen LogP contribution in [-0.4, -0.2) is 31.7 Å². The molecule has 0 spiro atoms. The smallest absolute Gasteiger partial charge is 0.377 e. The fourth-order valence-corrected chi connectivity index (χ4v) is 1.70. The van der Waals surface area contributed by atoms with Crippen molar-refractivity contribution in [2.45, 2.75) is 18.4 Å². The van der Waals surface area contributed by atoms with Gasteiger partial charge in [0.05, 0.1) is 20.1 Å². The van der Waals surface area contributed by atoms with Crippen LogP contribution in [0.2, 0.25) is 0 Å². The molecule has 0 radical (unpaired) electrons. The molecule has 1 aliphatic rings. The number of carbonyl (C=O) groups excluding carboxylic acids is 1. The van der Waals surface area contributed by atoms with Crippen LogP contribution in [0.5, 0.6) is 5.75 Å². The molecule has 0 aromatic heterocycles. The predicted octanol–water partition coefficient (Wildman–Crippen LogP) is 2.06. The molecule has 1 N–H and O–H groups in total. The Bertz CT molecular complexity index is 433. The van der Waals surface area contributed by atoms with Crippen molar-refractivity contribution in [2.24, 2.45) is 0 Å². The first-order chi connectivity index (χ1) is 8.51. The molecule has 0 saturated carbocycles. The van der Waals surface area contributed by atoms with E-state index in [1.165, 1.54) is 0 Å². The standard InChI is InChI=1S/C12H13F2NO3/c1-17-9-4-2-8(3-5-9)15-7-10-6-12(13,14)11(16)18-10/h2-5,10,15H,6-7H2,1H3. The lowest BCUT2D eigenvalue weighted by Crippen LogP contribution is -2.22. The highest BCUT2D eigenvalue weighted by atomic mass is 19.3. The minimum Gasteiger partial charge on any atom is -0.497 e. The second-order valence-electron chi connectivity index (χ2n) is 4.05. The monoisotopic (exact) mass is 257 g/mol. The zero-order valence-electron chi connectivity index (χ0n) is 9.78. The van der Waals surface area contributed by atoms with Gasteiger partial charge in [-0.15, -0.1) is 0 Å². The summed E-state index contributed by atoms with van der Waals surface area (Å²) in [4.78, 5) is 10.8. The first kappa shape index (κ1) is 12.6. The van der Waals surface area contributed by atoms with E-state index >= 15 is 0 Å². The van der Waals surface area contributed by atoms with Gasteiger partial charge < -0.3 is 14.8 Å². The average molecular weight is 257 g/mol. The van der Waals surface area contributed by atoms with Crippen LogP contribution >= 0.6 is 0 Å². The van der Waals surface area contributed by atoms with Gasteiger partial charge in [0.1, 0.15) is 11.9 Å². The maximum Gasteiger partial charge on any atom is 0.377 e. The number of ether oxygens (including phenoxy) is 2. The number of carbonyl (C=O) groups is 1. The highest BCUT2D eigenvalue weighted by Crippen LogP contribution is 2.30. The lowest BCUT2D eigenvalue weighted by Gasteiger charge is -2.11. The summed E-state index contributed by atoms with van der Waals surface area (Å²) >= 11 is 0. The Balaban J connectivity index is 1.87. The molecule has 0 aliphatic carbocycles. The molecule has 1 aromatic rings. The van der Waals surface area contributed by atoms with Gasteiger partial charge in [-0.3, -0.25) is 0 Å². The maximum absolute atomic E-state index is 12.9. The zero-order chi connectivity index (χ0) is 13.2. The molecule has 1 fully saturated rings. The van der Waals surface area contributed by atoms with Crippen molar-refractivity contribution in [3.05, 3.63) is 24.3 Å². The van der Waals surface area contributed by atoms with E-state index in [-0.39, 0.29) is 6.54 Å². The topological polar surface area (TPSA) is 47.6 Å². The maximum atomic E-state index is 12.9. The highest BCUT2D eigenvalue weighted by molar-refractivity contribution is 5.79. The normalized spacial score (nSPS) is 21.5. The summed E-state index contributed by atoms with van der Waals surface area (Å²) in [7, 11) is 1.56. The molecule has 18 heavy (non-hydrogen) atoms. The molecule has 4 nitrogen and oxygen atoms in total. The van der Waals surface area contributed by atoms with Gasteiger partial charge >= 0.3 is 11.9 Å². The van der Waals surface area contributed by atoms with Crippen molar-refractivity contribution in [1.82, 2.24) is 0 Å².